The van der Waals surface area contributed by atoms with Gasteiger partial charge in [0, 0.05) is 18.5 Å². The molecular weight excluding hydrogens is 248 g/mol. The minimum Gasteiger partial charge on any atom is -0.396 e. The monoisotopic (exact) mass is 266 g/mol. The van der Waals surface area contributed by atoms with E-state index in [1.165, 1.54) is 7.11 Å². The number of aliphatic hydroxyl groups excluding tert-OH is 1. The van der Waals surface area contributed by atoms with Crippen molar-refractivity contribution in [3.05, 3.63) is 24.3 Å². The second kappa shape index (κ2) is 8.23. The topological polar surface area (TPSA) is 87.7 Å². The molecular formula is C13H18N2O4. The van der Waals surface area contributed by atoms with Crippen molar-refractivity contribution in [3.8, 4) is 0 Å². The van der Waals surface area contributed by atoms with Crippen molar-refractivity contribution in [1.29, 1.82) is 0 Å². The largest absolute Gasteiger partial charge is 0.396 e. The van der Waals surface area contributed by atoms with E-state index >= 15 is 0 Å². The van der Waals surface area contributed by atoms with Gasteiger partial charge in [-0.05, 0) is 24.3 Å². The maximum absolute atomic E-state index is 11.4. The third kappa shape index (κ3) is 5.98. The third-order valence-corrected chi connectivity index (χ3v) is 2.32. The van der Waals surface area contributed by atoms with E-state index in [0.29, 0.717) is 24.4 Å². The van der Waals surface area contributed by atoms with Crippen molar-refractivity contribution in [1.82, 2.24) is 0 Å². The summed E-state index contributed by atoms with van der Waals surface area (Å²) in [7, 11) is 1.54. The van der Waals surface area contributed by atoms with Gasteiger partial charge in [0.05, 0.1) is 26.1 Å². The van der Waals surface area contributed by atoms with Crippen LogP contribution in [0.2, 0.25) is 0 Å². The molecule has 3 N–H and O–H groups in total. The smallest absolute Gasteiger partial charge is 0.226 e. The van der Waals surface area contributed by atoms with E-state index in [1.54, 1.807) is 24.3 Å². The van der Waals surface area contributed by atoms with Crippen LogP contribution in [0.5, 0.6) is 0 Å². The first-order valence-electron chi connectivity index (χ1n) is 5.95. The van der Waals surface area contributed by atoms with Crippen LogP contribution in [0.15, 0.2) is 24.3 Å². The van der Waals surface area contributed by atoms with Crippen LogP contribution in [0.1, 0.15) is 12.8 Å². The molecule has 1 rings (SSSR count). The molecule has 6 nitrogen and oxygen atoms in total. The molecule has 0 spiro atoms. The summed E-state index contributed by atoms with van der Waals surface area (Å²) in [6.45, 7) is 0.195. The van der Waals surface area contributed by atoms with Gasteiger partial charge in [0.2, 0.25) is 11.8 Å². The number of methoxy groups -OCH3 is 1. The van der Waals surface area contributed by atoms with Crippen LogP contribution in [-0.4, -0.2) is 37.2 Å². The summed E-state index contributed by atoms with van der Waals surface area (Å²) in [6.07, 6.45) is 0.362. The van der Waals surface area contributed by atoms with Gasteiger partial charge < -0.3 is 20.5 Å². The van der Waals surface area contributed by atoms with Crippen LogP contribution in [0.4, 0.5) is 11.4 Å². The van der Waals surface area contributed by atoms with E-state index in [4.69, 9.17) is 9.84 Å². The summed E-state index contributed by atoms with van der Waals surface area (Å²) < 4.78 is 4.81. The molecule has 0 saturated carbocycles. The van der Waals surface area contributed by atoms with Crippen molar-refractivity contribution in [3.63, 3.8) is 0 Å². The second-order valence-corrected chi connectivity index (χ2v) is 3.89. The van der Waals surface area contributed by atoms with Gasteiger partial charge >= 0.3 is 0 Å². The van der Waals surface area contributed by atoms with Crippen LogP contribution in [0.25, 0.3) is 0 Å². The lowest BCUT2D eigenvalue weighted by Gasteiger charge is -2.07. The first-order chi connectivity index (χ1) is 9.15. The fourth-order valence-electron chi connectivity index (χ4n) is 1.38. The first-order valence-corrected chi connectivity index (χ1v) is 5.95. The highest BCUT2D eigenvalue weighted by Crippen LogP contribution is 2.14. The van der Waals surface area contributed by atoms with Crippen LogP contribution in [0.3, 0.4) is 0 Å². The highest BCUT2D eigenvalue weighted by molar-refractivity contribution is 5.92. The second-order valence-electron chi connectivity index (χ2n) is 3.89. The Morgan fingerprint density at radius 2 is 1.53 bits per heavy atom. The van der Waals surface area contributed by atoms with E-state index < -0.39 is 0 Å². The normalized spacial score (nSPS) is 10.0. The standard InChI is InChI=1S/C13H18N2O4/c1-19-9-7-13(18)15-11-4-2-10(3-5-11)14-12(17)6-8-16/h2-5,16H,6-9H2,1H3,(H,14,17)(H,15,18). The summed E-state index contributed by atoms with van der Waals surface area (Å²) >= 11 is 0. The van der Waals surface area contributed by atoms with Gasteiger partial charge in [0.1, 0.15) is 0 Å². The predicted molar refractivity (Wildman–Crippen MR) is 71.9 cm³/mol. The fraction of sp³-hybridized carbons (Fsp3) is 0.385. The summed E-state index contributed by atoms with van der Waals surface area (Å²) in [6, 6.07) is 6.75. The zero-order chi connectivity index (χ0) is 14.1. The molecule has 0 aliphatic heterocycles. The Hall–Kier alpha value is -1.92. The Kier molecular flexibility index (Phi) is 6.56. The van der Waals surface area contributed by atoms with Gasteiger partial charge in [-0.1, -0.05) is 0 Å². The minimum atomic E-state index is -0.251. The number of benzene rings is 1. The molecule has 0 aliphatic rings. The average Bonchev–Trinajstić information content (AvgIpc) is 2.39. The lowest BCUT2D eigenvalue weighted by molar-refractivity contribution is -0.117. The Bertz CT molecular complexity index is 417. The molecule has 0 atom stereocenters. The Morgan fingerprint density at radius 1 is 1.05 bits per heavy atom. The SMILES string of the molecule is COCCC(=O)Nc1ccc(NC(=O)CCO)cc1. The number of hydrogen-bond donors (Lipinski definition) is 3. The number of rotatable bonds is 7. The molecule has 0 aliphatic carbocycles. The molecule has 6 heteroatoms. The van der Waals surface area contributed by atoms with Crippen molar-refractivity contribution < 1.29 is 19.4 Å². The van der Waals surface area contributed by atoms with Crippen LogP contribution >= 0.6 is 0 Å². The molecule has 19 heavy (non-hydrogen) atoms. The van der Waals surface area contributed by atoms with Crippen molar-refractivity contribution >= 4 is 23.2 Å². The van der Waals surface area contributed by atoms with Gasteiger partial charge in [-0.2, -0.15) is 0 Å². The number of carbonyl (C=O) groups is 2. The summed E-state index contributed by atoms with van der Waals surface area (Å²) in [5, 5.41) is 13.9. The summed E-state index contributed by atoms with van der Waals surface area (Å²) in [5.74, 6) is -0.377. The molecule has 1 aromatic carbocycles. The van der Waals surface area contributed by atoms with E-state index in [2.05, 4.69) is 10.6 Å². The third-order valence-electron chi connectivity index (χ3n) is 2.32. The highest BCUT2D eigenvalue weighted by atomic mass is 16.5. The van der Waals surface area contributed by atoms with Crippen LogP contribution in [-0.2, 0) is 14.3 Å². The number of carbonyl (C=O) groups excluding carboxylic acids is 2. The molecule has 0 heterocycles. The van der Waals surface area contributed by atoms with E-state index in [0.717, 1.165) is 0 Å². The van der Waals surface area contributed by atoms with Gasteiger partial charge in [0.15, 0.2) is 0 Å². The van der Waals surface area contributed by atoms with Crippen molar-refractivity contribution in [2.45, 2.75) is 12.8 Å². The van der Waals surface area contributed by atoms with E-state index in [9.17, 15) is 9.59 Å². The van der Waals surface area contributed by atoms with E-state index in [1.807, 2.05) is 0 Å². The van der Waals surface area contributed by atoms with Crippen molar-refractivity contribution in [2.24, 2.45) is 0 Å². The summed E-state index contributed by atoms with van der Waals surface area (Å²) in [4.78, 5) is 22.7. The van der Waals surface area contributed by atoms with Crippen LogP contribution in [0, 0.1) is 0 Å². The van der Waals surface area contributed by atoms with E-state index in [-0.39, 0.29) is 24.8 Å². The fourth-order valence-corrected chi connectivity index (χ4v) is 1.38. The number of nitrogens with one attached hydrogen (secondary N) is 2. The number of anilines is 2. The Morgan fingerprint density at radius 3 is 1.95 bits per heavy atom. The molecule has 0 bridgehead atoms. The lowest BCUT2D eigenvalue weighted by Crippen LogP contribution is -2.14. The predicted octanol–water partition coefficient (Wildman–Crippen LogP) is 0.982. The zero-order valence-electron chi connectivity index (χ0n) is 10.8. The molecule has 1 aromatic rings. The quantitative estimate of drug-likeness (QED) is 0.686. The molecule has 0 saturated heterocycles. The molecule has 0 unspecified atom stereocenters. The molecule has 2 amide bonds. The zero-order valence-corrected chi connectivity index (χ0v) is 10.8. The number of aliphatic hydroxyl groups is 1. The van der Waals surface area contributed by atoms with Gasteiger partial charge in [-0.3, -0.25) is 9.59 Å². The molecule has 0 aromatic heterocycles. The average molecular weight is 266 g/mol. The maximum Gasteiger partial charge on any atom is 0.226 e. The molecule has 0 fully saturated rings. The molecule has 104 valence electrons. The Balaban J connectivity index is 2.47. The number of hydrogen-bond acceptors (Lipinski definition) is 4. The first kappa shape index (κ1) is 15.1. The van der Waals surface area contributed by atoms with Crippen molar-refractivity contribution in [2.75, 3.05) is 31.0 Å². The van der Waals surface area contributed by atoms with Crippen LogP contribution < -0.4 is 10.6 Å². The summed E-state index contributed by atoms with van der Waals surface area (Å²) in [5.41, 5.74) is 1.27. The van der Waals surface area contributed by atoms with Gasteiger partial charge in [-0.25, -0.2) is 0 Å². The number of ether oxygens (including phenoxy) is 1. The number of amides is 2. The van der Waals surface area contributed by atoms with Gasteiger partial charge in [0.25, 0.3) is 0 Å². The minimum absolute atomic E-state index is 0.0650. The molecule has 0 radical (unpaired) electrons. The van der Waals surface area contributed by atoms with Gasteiger partial charge in [-0.15, -0.1) is 0 Å². The highest BCUT2D eigenvalue weighted by Gasteiger charge is 2.03. The maximum atomic E-state index is 11.4. The lowest BCUT2D eigenvalue weighted by atomic mass is 10.2. The Labute approximate surface area is 111 Å².